The lowest BCUT2D eigenvalue weighted by molar-refractivity contribution is -0.884. The van der Waals surface area contributed by atoms with Crippen molar-refractivity contribution in [3.8, 4) is 0 Å². The third-order valence-corrected chi connectivity index (χ3v) is 4.00. The number of amides is 1. The average Bonchev–Trinajstić information content (AvgIpc) is 2.79. The summed E-state index contributed by atoms with van der Waals surface area (Å²) in [6.45, 7) is 0.886. The van der Waals surface area contributed by atoms with Crippen LogP contribution in [0.2, 0.25) is 4.34 Å². The van der Waals surface area contributed by atoms with Gasteiger partial charge in [0.25, 0.3) is 5.91 Å². The number of benzene rings is 1. The number of nitrogens with one attached hydrogen (secondary N) is 2. The van der Waals surface area contributed by atoms with E-state index in [1.54, 1.807) is 0 Å². The van der Waals surface area contributed by atoms with E-state index in [0.29, 0.717) is 10.9 Å². The first kappa shape index (κ1) is 15.9. The zero-order chi connectivity index (χ0) is 15.4. The van der Waals surface area contributed by atoms with Crippen LogP contribution in [0.4, 0.5) is 14.5 Å². The first-order valence-corrected chi connectivity index (χ1v) is 7.44. The standard InChI is InChI=1S/C14H13ClF2N2OS/c1-19(7-10-3-5-13(15)21-10)8-14(20)18-9-2-4-11(16)12(17)6-9/h2-6H,7-8H2,1H3,(H,18,20)/p+1. The number of thiophene rings is 1. The fourth-order valence-electron chi connectivity index (χ4n) is 1.86. The van der Waals surface area contributed by atoms with E-state index in [-0.39, 0.29) is 18.1 Å². The highest BCUT2D eigenvalue weighted by Gasteiger charge is 2.13. The Morgan fingerprint density at radius 3 is 2.67 bits per heavy atom. The summed E-state index contributed by atoms with van der Waals surface area (Å²) in [5, 5.41) is 2.54. The van der Waals surface area contributed by atoms with Crippen LogP contribution < -0.4 is 10.2 Å². The minimum atomic E-state index is -0.985. The number of rotatable bonds is 5. The van der Waals surface area contributed by atoms with Gasteiger partial charge in [0.15, 0.2) is 18.2 Å². The fraction of sp³-hybridized carbons (Fsp3) is 0.214. The maximum absolute atomic E-state index is 13.0. The molecule has 2 rings (SSSR count). The first-order valence-electron chi connectivity index (χ1n) is 6.24. The van der Waals surface area contributed by atoms with Crippen molar-refractivity contribution < 1.29 is 18.5 Å². The molecule has 0 aliphatic carbocycles. The van der Waals surface area contributed by atoms with E-state index in [1.807, 2.05) is 19.2 Å². The van der Waals surface area contributed by atoms with Gasteiger partial charge in [0.1, 0.15) is 6.54 Å². The largest absolute Gasteiger partial charge is 0.325 e. The van der Waals surface area contributed by atoms with E-state index in [0.717, 1.165) is 21.9 Å². The molecule has 1 atom stereocenters. The lowest BCUT2D eigenvalue weighted by atomic mass is 10.3. The van der Waals surface area contributed by atoms with Crippen molar-refractivity contribution in [1.82, 2.24) is 0 Å². The Morgan fingerprint density at radius 2 is 2.05 bits per heavy atom. The van der Waals surface area contributed by atoms with E-state index in [1.165, 1.54) is 17.4 Å². The van der Waals surface area contributed by atoms with Gasteiger partial charge in [-0.1, -0.05) is 11.6 Å². The van der Waals surface area contributed by atoms with Crippen molar-refractivity contribution in [2.75, 3.05) is 18.9 Å². The molecule has 7 heteroatoms. The highest BCUT2D eigenvalue weighted by atomic mass is 35.5. The van der Waals surface area contributed by atoms with Crippen LogP contribution in [-0.2, 0) is 11.3 Å². The quantitative estimate of drug-likeness (QED) is 0.866. The number of carbonyl (C=O) groups excluding carboxylic acids is 1. The zero-order valence-electron chi connectivity index (χ0n) is 11.3. The molecule has 1 unspecified atom stereocenters. The molecule has 2 N–H and O–H groups in total. The summed E-state index contributed by atoms with van der Waals surface area (Å²) in [5.74, 6) is -2.19. The lowest BCUT2D eigenvalue weighted by Crippen LogP contribution is -3.08. The summed E-state index contributed by atoms with van der Waals surface area (Å²) in [7, 11) is 1.87. The van der Waals surface area contributed by atoms with E-state index < -0.39 is 11.6 Å². The summed E-state index contributed by atoms with van der Waals surface area (Å²) in [6.07, 6.45) is 0. The molecule has 0 fully saturated rings. The second-order valence-corrected chi connectivity index (χ2v) is 6.49. The smallest absolute Gasteiger partial charge is 0.279 e. The second kappa shape index (κ2) is 6.98. The molecular formula is C14H14ClF2N2OS+. The highest BCUT2D eigenvalue weighted by Crippen LogP contribution is 2.20. The first-order chi connectivity index (χ1) is 9.94. The summed E-state index contributed by atoms with van der Waals surface area (Å²) >= 11 is 7.32. The van der Waals surface area contributed by atoms with Crippen LogP contribution in [0, 0.1) is 11.6 Å². The minimum absolute atomic E-state index is 0.217. The summed E-state index contributed by atoms with van der Waals surface area (Å²) in [5.41, 5.74) is 0.242. The maximum Gasteiger partial charge on any atom is 0.279 e. The van der Waals surface area contributed by atoms with Crippen LogP contribution in [0.3, 0.4) is 0 Å². The van der Waals surface area contributed by atoms with Crippen molar-refractivity contribution in [3.63, 3.8) is 0 Å². The van der Waals surface area contributed by atoms with Crippen LogP contribution in [0.1, 0.15) is 4.88 Å². The maximum atomic E-state index is 13.0. The molecule has 0 saturated heterocycles. The SMILES string of the molecule is C[NH+](CC(=O)Nc1ccc(F)c(F)c1)Cc1ccc(Cl)s1. The predicted octanol–water partition coefficient (Wildman–Crippen LogP) is 2.33. The van der Waals surface area contributed by atoms with Crippen molar-refractivity contribution in [2.24, 2.45) is 0 Å². The molecule has 0 aliphatic heterocycles. The topological polar surface area (TPSA) is 33.5 Å². The summed E-state index contributed by atoms with van der Waals surface area (Å²) in [4.78, 5) is 13.9. The van der Waals surface area contributed by atoms with Gasteiger partial charge in [0.05, 0.1) is 16.3 Å². The highest BCUT2D eigenvalue weighted by molar-refractivity contribution is 7.16. The number of quaternary nitrogens is 1. The van der Waals surface area contributed by atoms with Crippen LogP contribution in [-0.4, -0.2) is 19.5 Å². The molecule has 0 saturated carbocycles. The second-order valence-electron chi connectivity index (χ2n) is 4.69. The summed E-state index contributed by atoms with van der Waals surface area (Å²) in [6, 6.07) is 7.00. The molecule has 1 heterocycles. The van der Waals surface area contributed by atoms with Gasteiger partial charge in [-0.2, -0.15) is 0 Å². The van der Waals surface area contributed by atoms with Crippen LogP contribution in [0.5, 0.6) is 0 Å². The molecule has 1 amide bonds. The van der Waals surface area contributed by atoms with Gasteiger partial charge in [-0.3, -0.25) is 4.79 Å². The van der Waals surface area contributed by atoms with E-state index in [4.69, 9.17) is 11.6 Å². The molecule has 2 aromatic rings. The van der Waals surface area contributed by atoms with Gasteiger partial charge in [0.2, 0.25) is 0 Å². The van der Waals surface area contributed by atoms with Gasteiger partial charge < -0.3 is 10.2 Å². The number of likely N-dealkylation sites (N-methyl/N-ethyl adjacent to an activating group) is 1. The van der Waals surface area contributed by atoms with Gasteiger partial charge in [-0.25, -0.2) is 8.78 Å². The van der Waals surface area contributed by atoms with Crippen molar-refractivity contribution in [3.05, 3.63) is 51.2 Å². The average molecular weight is 332 g/mol. The third-order valence-electron chi connectivity index (χ3n) is 2.77. The molecule has 0 radical (unpaired) electrons. The normalized spacial score (nSPS) is 12.2. The Balaban J connectivity index is 1.87. The van der Waals surface area contributed by atoms with Gasteiger partial charge in [0, 0.05) is 11.8 Å². The van der Waals surface area contributed by atoms with Gasteiger partial charge >= 0.3 is 0 Å². The fourth-order valence-corrected chi connectivity index (χ4v) is 3.06. The van der Waals surface area contributed by atoms with Gasteiger partial charge in [-0.15, -0.1) is 11.3 Å². The number of halogens is 3. The van der Waals surface area contributed by atoms with Crippen molar-refractivity contribution >= 4 is 34.5 Å². The Kier molecular flexibility index (Phi) is 5.27. The van der Waals surface area contributed by atoms with Crippen molar-refractivity contribution in [1.29, 1.82) is 0 Å². The number of anilines is 1. The molecule has 21 heavy (non-hydrogen) atoms. The van der Waals surface area contributed by atoms with Gasteiger partial charge in [-0.05, 0) is 24.3 Å². The Morgan fingerprint density at radius 1 is 1.29 bits per heavy atom. The number of hydrogen-bond donors (Lipinski definition) is 2. The van der Waals surface area contributed by atoms with E-state index >= 15 is 0 Å². The molecule has 0 aliphatic rings. The zero-order valence-corrected chi connectivity index (χ0v) is 12.8. The Labute approximate surface area is 130 Å². The molecule has 0 bridgehead atoms. The third kappa shape index (κ3) is 4.77. The number of carbonyl (C=O) groups is 1. The van der Waals surface area contributed by atoms with Crippen LogP contribution >= 0.6 is 22.9 Å². The van der Waals surface area contributed by atoms with Crippen molar-refractivity contribution in [2.45, 2.75) is 6.54 Å². The summed E-state index contributed by atoms with van der Waals surface area (Å²) < 4.78 is 26.5. The predicted molar refractivity (Wildman–Crippen MR) is 79.8 cm³/mol. The molecule has 112 valence electrons. The van der Waals surface area contributed by atoms with Crippen LogP contribution in [0.25, 0.3) is 0 Å². The Bertz CT molecular complexity index is 648. The van der Waals surface area contributed by atoms with E-state index in [9.17, 15) is 13.6 Å². The molecule has 3 nitrogen and oxygen atoms in total. The molecular weight excluding hydrogens is 318 g/mol. The van der Waals surface area contributed by atoms with Crippen LogP contribution in [0.15, 0.2) is 30.3 Å². The molecule has 1 aromatic carbocycles. The Hall–Kier alpha value is -1.50. The van der Waals surface area contributed by atoms with E-state index in [2.05, 4.69) is 5.32 Å². The molecule has 1 aromatic heterocycles. The lowest BCUT2D eigenvalue weighted by Gasteiger charge is -2.13. The molecule has 0 spiro atoms. The minimum Gasteiger partial charge on any atom is -0.325 e. The monoisotopic (exact) mass is 331 g/mol. The number of hydrogen-bond acceptors (Lipinski definition) is 2.